The summed E-state index contributed by atoms with van der Waals surface area (Å²) in [6.07, 6.45) is 0.860. The molecule has 0 aromatic heterocycles. The van der Waals surface area contributed by atoms with Crippen molar-refractivity contribution in [2.24, 2.45) is 5.92 Å². The Bertz CT molecular complexity index is 482. The van der Waals surface area contributed by atoms with Crippen LogP contribution in [-0.4, -0.2) is 46.7 Å². The van der Waals surface area contributed by atoms with Crippen LogP contribution in [0, 0.1) is 5.92 Å². The predicted molar refractivity (Wildman–Crippen MR) is 78.3 cm³/mol. The van der Waals surface area contributed by atoms with Crippen LogP contribution < -0.4 is 4.90 Å². The second-order valence-corrected chi connectivity index (χ2v) is 5.78. The van der Waals surface area contributed by atoms with Crippen molar-refractivity contribution in [3.63, 3.8) is 0 Å². The number of carboxylic acids is 1. The van der Waals surface area contributed by atoms with E-state index in [2.05, 4.69) is 0 Å². The molecule has 1 aromatic rings. The summed E-state index contributed by atoms with van der Waals surface area (Å²) in [4.78, 5) is 24.8. The molecule has 1 atom stereocenters. The van der Waals surface area contributed by atoms with Crippen LogP contribution in [0.2, 0.25) is 0 Å². The molecule has 1 unspecified atom stereocenters. The second kappa shape index (κ2) is 6.76. The van der Waals surface area contributed by atoms with Crippen molar-refractivity contribution in [3.05, 3.63) is 29.8 Å². The lowest BCUT2D eigenvalue weighted by atomic mass is 10.1. The third-order valence-electron chi connectivity index (χ3n) is 3.29. The summed E-state index contributed by atoms with van der Waals surface area (Å²) in [6, 6.07) is 6.16. The Kier molecular flexibility index (Phi) is 5.03. The molecule has 0 bridgehead atoms. The topological polar surface area (TPSA) is 77.8 Å². The SMILES string of the molecule is O=C(O)c1ccc(N(CCO)C(=O)C2CCSC2)cc1. The van der Waals surface area contributed by atoms with E-state index in [-0.39, 0.29) is 30.5 Å². The van der Waals surface area contributed by atoms with Gasteiger partial charge in [-0.3, -0.25) is 4.79 Å². The van der Waals surface area contributed by atoms with Crippen molar-refractivity contribution < 1.29 is 19.8 Å². The fourth-order valence-corrected chi connectivity index (χ4v) is 3.41. The van der Waals surface area contributed by atoms with Gasteiger partial charge in [0.25, 0.3) is 0 Å². The van der Waals surface area contributed by atoms with Crippen molar-refractivity contribution >= 4 is 29.3 Å². The number of nitrogens with zero attached hydrogens (tertiary/aromatic N) is 1. The zero-order valence-corrected chi connectivity index (χ0v) is 11.8. The van der Waals surface area contributed by atoms with E-state index in [4.69, 9.17) is 10.2 Å². The van der Waals surface area contributed by atoms with Crippen LogP contribution in [-0.2, 0) is 4.79 Å². The van der Waals surface area contributed by atoms with Gasteiger partial charge < -0.3 is 15.1 Å². The van der Waals surface area contributed by atoms with Crippen LogP contribution in [0.25, 0.3) is 0 Å². The van der Waals surface area contributed by atoms with Crippen LogP contribution >= 0.6 is 11.8 Å². The summed E-state index contributed by atoms with van der Waals surface area (Å²) in [6.45, 7) is 0.110. The van der Waals surface area contributed by atoms with Crippen LogP contribution in [0.3, 0.4) is 0 Å². The summed E-state index contributed by atoms with van der Waals surface area (Å²) in [5.41, 5.74) is 0.813. The standard InChI is InChI=1S/C14H17NO4S/c16-7-6-15(13(17)11-5-8-20-9-11)12-3-1-10(2-4-12)14(18)19/h1-4,11,16H,5-9H2,(H,18,19). The van der Waals surface area contributed by atoms with E-state index in [0.29, 0.717) is 5.69 Å². The molecule has 5 nitrogen and oxygen atoms in total. The molecule has 0 radical (unpaired) electrons. The number of anilines is 1. The predicted octanol–water partition coefficient (Wildman–Crippen LogP) is 1.46. The number of rotatable bonds is 5. The van der Waals surface area contributed by atoms with Gasteiger partial charge >= 0.3 is 5.97 Å². The molecular weight excluding hydrogens is 278 g/mol. The molecule has 0 saturated carbocycles. The summed E-state index contributed by atoms with van der Waals surface area (Å²) in [5.74, 6) is 0.802. The molecule has 1 heterocycles. The molecule has 6 heteroatoms. The van der Waals surface area contributed by atoms with Crippen molar-refractivity contribution in [2.45, 2.75) is 6.42 Å². The third kappa shape index (κ3) is 3.32. The van der Waals surface area contributed by atoms with Crippen molar-refractivity contribution in [1.29, 1.82) is 0 Å². The van der Waals surface area contributed by atoms with Crippen molar-refractivity contribution in [2.75, 3.05) is 29.6 Å². The number of aliphatic hydroxyl groups excluding tert-OH is 1. The van der Waals surface area contributed by atoms with Crippen LogP contribution in [0.4, 0.5) is 5.69 Å². The van der Waals surface area contributed by atoms with Gasteiger partial charge in [0.05, 0.1) is 12.2 Å². The lowest BCUT2D eigenvalue weighted by Crippen LogP contribution is -2.38. The zero-order valence-electron chi connectivity index (χ0n) is 11.0. The van der Waals surface area contributed by atoms with Gasteiger partial charge in [0.2, 0.25) is 5.91 Å². The fourth-order valence-electron chi connectivity index (χ4n) is 2.20. The highest BCUT2D eigenvalue weighted by molar-refractivity contribution is 7.99. The number of carboxylic acid groups (broad SMARTS) is 1. The average molecular weight is 295 g/mol. The summed E-state index contributed by atoms with van der Waals surface area (Å²) in [7, 11) is 0. The van der Waals surface area contributed by atoms with Crippen molar-refractivity contribution in [3.8, 4) is 0 Å². The van der Waals surface area contributed by atoms with Gasteiger partial charge in [-0.05, 0) is 36.4 Å². The highest BCUT2D eigenvalue weighted by Crippen LogP contribution is 2.27. The minimum absolute atomic E-state index is 0.00660. The van der Waals surface area contributed by atoms with Gasteiger partial charge in [0.1, 0.15) is 0 Å². The lowest BCUT2D eigenvalue weighted by Gasteiger charge is -2.24. The molecule has 2 N–H and O–H groups in total. The maximum atomic E-state index is 12.4. The van der Waals surface area contributed by atoms with E-state index in [1.54, 1.807) is 28.8 Å². The Balaban J connectivity index is 2.18. The highest BCUT2D eigenvalue weighted by Gasteiger charge is 2.28. The largest absolute Gasteiger partial charge is 0.478 e. The van der Waals surface area contributed by atoms with Gasteiger partial charge in [-0.15, -0.1) is 0 Å². The summed E-state index contributed by atoms with van der Waals surface area (Å²) < 4.78 is 0. The van der Waals surface area contributed by atoms with Crippen LogP contribution in [0.5, 0.6) is 0 Å². The quantitative estimate of drug-likeness (QED) is 0.860. The molecule has 1 amide bonds. The van der Waals surface area contributed by atoms with Gasteiger partial charge in [0.15, 0.2) is 0 Å². The molecule has 1 aromatic carbocycles. The summed E-state index contributed by atoms with van der Waals surface area (Å²) >= 11 is 1.76. The Hall–Kier alpha value is -1.53. The number of hydrogen-bond acceptors (Lipinski definition) is 4. The van der Waals surface area contributed by atoms with E-state index in [9.17, 15) is 9.59 Å². The van der Waals surface area contributed by atoms with E-state index >= 15 is 0 Å². The Labute approximate surface area is 121 Å². The highest BCUT2D eigenvalue weighted by atomic mass is 32.2. The Morgan fingerprint density at radius 2 is 2.00 bits per heavy atom. The normalized spacial score (nSPS) is 17.9. The van der Waals surface area contributed by atoms with Crippen molar-refractivity contribution in [1.82, 2.24) is 0 Å². The number of carbonyl (C=O) groups is 2. The minimum atomic E-state index is -0.997. The number of aliphatic hydroxyl groups is 1. The smallest absolute Gasteiger partial charge is 0.335 e. The van der Waals surface area contributed by atoms with Gasteiger partial charge in [-0.1, -0.05) is 0 Å². The zero-order chi connectivity index (χ0) is 14.5. The number of thioether (sulfide) groups is 1. The molecular formula is C14H17NO4S. The average Bonchev–Trinajstić information content (AvgIpc) is 2.98. The first kappa shape index (κ1) is 14.9. The van der Waals surface area contributed by atoms with E-state index in [0.717, 1.165) is 17.9 Å². The molecule has 0 spiro atoms. The first-order chi connectivity index (χ1) is 9.63. The fraction of sp³-hybridized carbons (Fsp3) is 0.429. The first-order valence-corrected chi connectivity index (χ1v) is 7.62. The maximum absolute atomic E-state index is 12.4. The molecule has 1 aliphatic heterocycles. The Morgan fingerprint density at radius 1 is 1.30 bits per heavy atom. The van der Waals surface area contributed by atoms with Gasteiger partial charge in [-0.25, -0.2) is 4.79 Å². The van der Waals surface area contributed by atoms with E-state index in [1.807, 2.05) is 0 Å². The molecule has 1 fully saturated rings. The van der Waals surface area contributed by atoms with Gasteiger partial charge in [-0.2, -0.15) is 11.8 Å². The Morgan fingerprint density at radius 3 is 2.50 bits per heavy atom. The van der Waals surface area contributed by atoms with Gasteiger partial charge in [0, 0.05) is 23.9 Å². The number of benzene rings is 1. The maximum Gasteiger partial charge on any atom is 0.335 e. The van der Waals surface area contributed by atoms with Crippen LogP contribution in [0.15, 0.2) is 24.3 Å². The minimum Gasteiger partial charge on any atom is -0.478 e. The molecule has 108 valence electrons. The lowest BCUT2D eigenvalue weighted by molar-refractivity contribution is -0.121. The molecule has 0 aliphatic carbocycles. The number of amides is 1. The number of aromatic carboxylic acids is 1. The number of carbonyl (C=O) groups excluding carboxylic acids is 1. The number of hydrogen-bond donors (Lipinski definition) is 2. The van der Waals surface area contributed by atoms with Crippen LogP contribution in [0.1, 0.15) is 16.8 Å². The van der Waals surface area contributed by atoms with E-state index < -0.39 is 5.97 Å². The van der Waals surface area contributed by atoms with E-state index in [1.165, 1.54) is 12.1 Å². The molecule has 2 rings (SSSR count). The third-order valence-corrected chi connectivity index (χ3v) is 4.46. The second-order valence-electron chi connectivity index (χ2n) is 4.63. The summed E-state index contributed by atoms with van der Waals surface area (Å²) in [5, 5.41) is 18.0. The molecule has 1 saturated heterocycles. The first-order valence-electron chi connectivity index (χ1n) is 6.47. The monoisotopic (exact) mass is 295 g/mol. The molecule has 20 heavy (non-hydrogen) atoms. The molecule has 1 aliphatic rings.